The van der Waals surface area contributed by atoms with Gasteiger partial charge < -0.3 is 11.1 Å². The zero-order valence-corrected chi connectivity index (χ0v) is 7.20. The zero-order valence-electron chi connectivity index (χ0n) is 6.39. The van der Waals surface area contributed by atoms with E-state index in [2.05, 4.69) is 12.2 Å². The molecule has 0 aliphatic rings. The molecule has 0 aliphatic heterocycles. The Kier molecular flexibility index (Phi) is 5.20. The average Bonchev–Trinajstić information content (AvgIpc) is 1.82. The van der Waals surface area contributed by atoms with E-state index in [1.54, 1.807) is 11.8 Å². The summed E-state index contributed by atoms with van der Waals surface area (Å²) in [7, 11) is 0. The molecule has 0 aliphatic carbocycles. The van der Waals surface area contributed by atoms with Gasteiger partial charge in [0.1, 0.15) is 0 Å². The highest BCUT2D eigenvalue weighted by Crippen LogP contribution is 2.00. The smallest absolute Gasteiger partial charge is 0.312 e. The minimum Gasteiger partial charge on any atom is -0.352 e. The monoisotopic (exact) mass is 162 g/mol. The van der Waals surface area contributed by atoms with Crippen LogP contribution < -0.4 is 11.1 Å². The Hall–Kier alpha value is -0.380. The van der Waals surface area contributed by atoms with E-state index in [0.29, 0.717) is 0 Å². The normalized spacial score (nSPS) is 12.6. The maximum Gasteiger partial charge on any atom is 0.312 e. The number of hydrogen-bond donors (Lipinski definition) is 2. The van der Waals surface area contributed by atoms with E-state index in [1.807, 2.05) is 6.92 Å². The van der Waals surface area contributed by atoms with E-state index in [4.69, 9.17) is 5.73 Å². The maximum absolute atomic E-state index is 10.3. The van der Waals surface area contributed by atoms with Gasteiger partial charge in [0.05, 0.1) is 0 Å². The fraction of sp³-hybridized carbons (Fsp3) is 0.833. The van der Waals surface area contributed by atoms with Crippen molar-refractivity contribution in [1.82, 2.24) is 5.32 Å². The molecule has 0 heterocycles. The van der Waals surface area contributed by atoms with Gasteiger partial charge in [0.25, 0.3) is 0 Å². The Balaban J connectivity index is 3.25. The predicted octanol–water partition coefficient (Wildman–Crippen LogP) is 0.796. The summed E-state index contributed by atoms with van der Waals surface area (Å²) in [6.07, 6.45) is 0. The molecule has 1 unspecified atom stereocenters. The Morgan fingerprint density at radius 2 is 2.40 bits per heavy atom. The number of primary amides is 1. The molecule has 1 atom stereocenters. The van der Waals surface area contributed by atoms with Crippen molar-refractivity contribution >= 4 is 17.8 Å². The summed E-state index contributed by atoms with van der Waals surface area (Å²) in [5.41, 5.74) is 4.91. The average molecular weight is 162 g/mol. The molecule has 0 saturated carbocycles. The molecule has 0 bridgehead atoms. The van der Waals surface area contributed by atoms with Crippen molar-refractivity contribution in [2.45, 2.75) is 19.9 Å². The number of hydrogen-bond acceptors (Lipinski definition) is 2. The van der Waals surface area contributed by atoms with E-state index in [0.717, 1.165) is 11.5 Å². The van der Waals surface area contributed by atoms with Crippen LogP contribution in [0.4, 0.5) is 4.79 Å². The van der Waals surface area contributed by atoms with Gasteiger partial charge in [0.15, 0.2) is 0 Å². The van der Waals surface area contributed by atoms with E-state index in [9.17, 15) is 4.79 Å². The molecule has 0 radical (unpaired) electrons. The number of amides is 2. The Labute approximate surface area is 65.7 Å². The molecule has 0 spiro atoms. The van der Waals surface area contributed by atoms with Crippen molar-refractivity contribution in [3.05, 3.63) is 0 Å². The molecule has 2 amide bonds. The topological polar surface area (TPSA) is 55.1 Å². The van der Waals surface area contributed by atoms with Crippen LogP contribution in [0.25, 0.3) is 0 Å². The predicted molar refractivity (Wildman–Crippen MR) is 45.2 cm³/mol. The number of nitrogens with two attached hydrogens (primary N) is 1. The van der Waals surface area contributed by atoms with Crippen molar-refractivity contribution in [2.75, 3.05) is 11.5 Å². The lowest BCUT2D eigenvalue weighted by atomic mass is 10.4. The Morgan fingerprint density at radius 3 is 2.80 bits per heavy atom. The summed E-state index contributed by atoms with van der Waals surface area (Å²) in [5.74, 6) is 2.00. The van der Waals surface area contributed by atoms with E-state index >= 15 is 0 Å². The molecule has 0 aromatic carbocycles. The second-order valence-electron chi connectivity index (χ2n) is 2.07. The van der Waals surface area contributed by atoms with Crippen LogP contribution in [0, 0.1) is 0 Å². The fourth-order valence-corrected chi connectivity index (χ4v) is 1.25. The molecule has 3 nitrogen and oxygen atoms in total. The minimum atomic E-state index is -0.441. The van der Waals surface area contributed by atoms with Crippen LogP contribution >= 0.6 is 11.8 Å². The number of carbonyl (C=O) groups is 1. The second-order valence-corrected chi connectivity index (χ2v) is 3.39. The van der Waals surface area contributed by atoms with Crippen LogP contribution in [0.2, 0.25) is 0 Å². The Morgan fingerprint density at radius 1 is 1.80 bits per heavy atom. The molecule has 10 heavy (non-hydrogen) atoms. The van der Waals surface area contributed by atoms with Gasteiger partial charge in [-0.3, -0.25) is 0 Å². The lowest BCUT2D eigenvalue weighted by molar-refractivity contribution is 0.247. The summed E-state index contributed by atoms with van der Waals surface area (Å²) in [5, 5.41) is 2.60. The first-order valence-corrected chi connectivity index (χ1v) is 4.46. The summed E-state index contributed by atoms with van der Waals surface area (Å²) in [4.78, 5) is 10.3. The van der Waals surface area contributed by atoms with Gasteiger partial charge in [-0.15, -0.1) is 0 Å². The number of rotatable bonds is 4. The molecule has 4 heteroatoms. The standard InChI is InChI=1S/C6H14N2OS/c1-3-10-4-5(2)8-6(7)9/h5H,3-4H2,1-2H3,(H3,7,8,9). The SMILES string of the molecule is CCSCC(C)NC(N)=O. The lowest BCUT2D eigenvalue weighted by Gasteiger charge is -2.09. The molecule has 0 fully saturated rings. The van der Waals surface area contributed by atoms with Crippen LogP contribution in [-0.2, 0) is 0 Å². The molecular weight excluding hydrogens is 148 g/mol. The lowest BCUT2D eigenvalue weighted by Crippen LogP contribution is -2.38. The van der Waals surface area contributed by atoms with Gasteiger partial charge in [-0.1, -0.05) is 6.92 Å². The van der Waals surface area contributed by atoms with Gasteiger partial charge >= 0.3 is 6.03 Å². The van der Waals surface area contributed by atoms with Gasteiger partial charge in [0.2, 0.25) is 0 Å². The first-order valence-electron chi connectivity index (χ1n) is 3.30. The van der Waals surface area contributed by atoms with Crippen molar-refractivity contribution in [1.29, 1.82) is 0 Å². The second kappa shape index (κ2) is 5.41. The molecule has 0 aromatic rings. The molecule has 0 saturated heterocycles. The van der Waals surface area contributed by atoms with E-state index in [-0.39, 0.29) is 6.04 Å². The minimum absolute atomic E-state index is 0.183. The van der Waals surface area contributed by atoms with Crippen LogP contribution in [0.3, 0.4) is 0 Å². The van der Waals surface area contributed by atoms with Crippen LogP contribution in [-0.4, -0.2) is 23.6 Å². The van der Waals surface area contributed by atoms with E-state index in [1.165, 1.54) is 0 Å². The molecule has 0 aromatic heterocycles. The van der Waals surface area contributed by atoms with Crippen molar-refractivity contribution in [3.8, 4) is 0 Å². The largest absolute Gasteiger partial charge is 0.352 e. The van der Waals surface area contributed by atoms with E-state index < -0.39 is 6.03 Å². The van der Waals surface area contributed by atoms with Crippen molar-refractivity contribution in [2.24, 2.45) is 5.73 Å². The molecular formula is C6H14N2OS. The zero-order chi connectivity index (χ0) is 7.98. The van der Waals surface area contributed by atoms with Crippen molar-refractivity contribution < 1.29 is 4.79 Å². The molecule has 0 rings (SSSR count). The van der Waals surface area contributed by atoms with Crippen molar-refractivity contribution in [3.63, 3.8) is 0 Å². The summed E-state index contributed by atoms with van der Waals surface area (Å²) >= 11 is 1.79. The summed E-state index contributed by atoms with van der Waals surface area (Å²) < 4.78 is 0. The number of thioether (sulfide) groups is 1. The number of nitrogens with one attached hydrogen (secondary N) is 1. The first kappa shape index (κ1) is 9.62. The van der Waals surface area contributed by atoms with Crippen LogP contribution in [0.15, 0.2) is 0 Å². The quantitative estimate of drug-likeness (QED) is 0.642. The highest BCUT2D eigenvalue weighted by Gasteiger charge is 2.01. The summed E-state index contributed by atoms with van der Waals surface area (Å²) in [6.45, 7) is 4.02. The highest BCUT2D eigenvalue weighted by molar-refractivity contribution is 7.99. The third-order valence-electron chi connectivity index (χ3n) is 0.961. The van der Waals surface area contributed by atoms with Gasteiger partial charge in [-0.05, 0) is 12.7 Å². The number of urea groups is 1. The highest BCUT2D eigenvalue weighted by atomic mass is 32.2. The van der Waals surface area contributed by atoms with Gasteiger partial charge in [-0.2, -0.15) is 11.8 Å². The Bertz CT molecular complexity index is 108. The third-order valence-corrected chi connectivity index (χ3v) is 2.10. The summed E-state index contributed by atoms with van der Waals surface area (Å²) in [6, 6.07) is -0.258. The molecule has 3 N–H and O–H groups in total. The van der Waals surface area contributed by atoms with Gasteiger partial charge in [0, 0.05) is 11.8 Å². The fourth-order valence-electron chi connectivity index (χ4n) is 0.579. The third kappa shape index (κ3) is 5.75. The number of carbonyl (C=O) groups excluding carboxylic acids is 1. The maximum atomic E-state index is 10.3. The van der Waals surface area contributed by atoms with Crippen LogP contribution in [0.5, 0.6) is 0 Å². The van der Waals surface area contributed by atoms with Crippen LogP contribution in [0.1, 0.15) is 13.8 Å². The van der Waals surface area contributed by atoms with Gasteiger partial charge in [-0.25, -0.2) is 4.79 Å². The molecule has 60 valence electrons. The first-order chi connectivity index (χ1) is 4.66.